The first kappa shape index (κ1) is 17.1. The first-order valence-electron chi connectivity index (χ1n) is 15.9. The largest absolute Gasteiger partial charge is 0.326 e. The van der Waals surface area contributed by atoms with E-state index < -0.39 is 25.0 Å². The lowest BCUT2D eigenvalue weighted by molar-refractivity contribution is 0.132. The highest BCUT2D eigenvalue weighted by Crippen LogP contribution is 2.30. The Balaban J connectivity index is 1.37. The summed E-state index contributed by atoms with van der Waals surface area (Å²) in [5.74, 6) is -1.21. The summed E-state index contributed by atoms with van der Waals surface area (Å²) < 4.78 is 95.7. The summed E-state index contributed by atoms with van der Waals surface area (Å²) in [6, 6.07) is 2.08. The zero-order valence-electron chi connectivity index (χ0n) is 28.7. The van der Waals surface area contributed by atoms with Crippen LogP contribution in [-0.4, -0.2) is 67.0 Å². The second-order valence-electron chi connectivity index (χ2n) is 9.14. The maximum Gasteiger partial charge on any atom is 0.229 e. The van der Waals surface area contributed by atoms with Crippen LogP contribution in [-0.2, 0) is 6.54 Å². The summed E-state index contributed by atoms with van der Waals surface area (Å²) in [6.45, 7) is 1.24. The van der Waals surface area contributed by atoms with Gasteiger partial charge in [0, 0.05) is 57.4 Å². The van der Waals surface area contributed by atoms with Crippen LogP contribution in [0.3, 0.4) is 0 Å². The summed E-state index contributed by atoms with van der Waals surface area (Å²) in [4.78, 5) is 19.6. The van der Waals surface area contributed by atoms with E-state index in [1.807, 2.05) is 23.3 Å². The van der Waals surface area contributed by atoms with E-state index in [1.165, 1.54) is 4.90 Å². The van der Waals surface area contributed by atoms with Crippen molar-refractivity contribution in [2.24, 2.45) is 0 Å². The molecule has 1 aliphatic heterocycles. The number of hydrogen-bond acceptors (Lipinski definition) is 7. The Bertz CT molecular complexity index is 1750. The van der Waals surface area contributed by atoms with Crippen LogP contribution in [0.2, 0.25) is 0 Å². The first-order chi connectivity index (χ1) is 21.0. The van der Waals surface area contributed by atoms with Crippen molar-refractivity contribution in [3.8, 4) is 11.3 Å². The fourth-order valence-corrected chi connectivity index (χ4v) is 4.48. The molecule has 4 aromatic rings. The van der Waals surface area contributed by atoms with E-state index in [4.69, 9.17) is 11.0 Å². The fourth-order valence-electron chi connectivity index (χ4n) is 4.48. The van der Waals surface area contributed by atoms with Crippen molar-refractivity contribution in [2.75, 3.05) is 38.0 Å². The smallest absolute Gasteiger partial charge is 0.229 e. The summed E-state index contributed by atoms with van der Waals surface area (Å²) in [5.41, 5.74) is 0.744. The van der Waals surface area contributed by atoms with Crippen LogP contribution in [0.4, 0.5) is 20.5 Å². The molecule has 1 aromatic carbocycles. The van der Waals surface area contributed by atoms with Crippen LogP contribution in [0.15, 0.2) is 36.6 Å². The number of rotatable bonds is 7. The molecule has 0 radical (unpaired) electrons. The standard InChI is InChI=1S/C27H32F2N8/c1-5-35-8-10-36(11-9-35)16-19-6-7-24(30-14-19)33-27-31-15-22(29)25(34-27)20-12-21(28)26-23(13-20)37(17(2)3)18(4)32-26/h6-7,12-15,17H,5,8-11,16H2,1-4H3,(H,30,31,33,34)/i1D3,5D2,6D,7D,14D. The number of fused-ring (bicyclic) bond motifs is 1. The zero-order chi connectivity index (χ0) is 33.0. The fraction of sp³-hybridized carbons (Fsp3) is 0.407. The van der Waals surface area contributed by atoms with Crippen LogP contribution in [0, 0.1) is 18.6 Å². The molecule has 4 heterocycles. The van der Waals surface area contributed by atoms with Gasteiger partial charge in [-0.1, -0.05) is 12.9 Å². The molecule has 1 aliphatic rings. The van der Waals surface area contributed by atoms with Crippen molar-refractivity contribution >= 4 is 22.8 Å². The average molecular weight is 515 g/mol. The Morgan fingerprint density at radius 1 is 1.08 bits per heavy atom. The summed E-state index contributed by atoms with van der Waals surface area (Å²) in [7, 11) is 0. The van der Waals surface area contributed by atoms with Gasteiger partial charge >= 0.3 is 0 Å². The minimum absolute atomic E-state index is 0.0308. The normalized spacial score (nSPS) is 19.0. The second kappa shape index (κ2) is 10.5. The molecule has 3 aromatic heterocycles. The molecule has 8 nitrogen and oxygen atoms in total. The van der Waals surface area contributed by atoms with Crippen molar-refractivity contribution in [1.82, 2.24) is 34.3 Å². The van der Waals surface area contributed by atoms with E-state index in [2.05, 4.69) is 25.3 Å². The van der Waals surface area contributed by atoms with E-state index in [9.17, 15) is 4.39 Å². The molecule has 37 heavy (non-hydrogen) atoms. The number of hydrogen-bond donors (Lipinski definition) is 1. The minimum atomic E-state index is -2.81. The molecule has 10 heteroatoms. The van der Waals surface area contributed by atoms with E-state index in [1.54, 1.807) is 13.0 Å². The van der Waals surface area contributed by atoms with Gasteiger partial charge in [0.2, 0.25) is 5.95 Å². The van der Waals surface area contributed by atoms with Crippen molar-refractivity contribution in [3.63, 3.8) is 0 Å². The van der Waals surface area contributed by atoms with E-state index >= 15 is 4.39 Å². The molecule has 0 amide bonds. The lowest BCUT2D eigenvalue weighted by Gasteiger charge is -2.33. The van der Waals surface area contributed by atoms with Gasteiger partial charge in [-0.15, -0.1) is 0 Å². The lowest BCUT2D eigenvalue weighted by Crippen LogP contribution is -2.45. The van der Waals surface area contributed by atoms with E-state index in [0.717, 1.165) is 12.3 Å². The Labute approximate surface area is 226 Å². The highest BCUT2D eigenvalue weighted by atomic mass is 19.1. The molecule has 0 unspecified atom stereocenters. The molecular formula is C27H32F2N8. The molecule has 0 saturated carbocycles. The topological polar surface area (TPSA) is 75.0 Å². The van der Waals surface area contributed by atoms with Gasteiger partial charge in [0.15, 0.2) is 11.6 Å². The highest BCUT2D eigenvalue weighted by Gasteiger charge is 2.19. The molecular weight excluding hydrogens is 474 g/mol. The predicted molar refractivity (Wildman–Crippen MR) is 141 cm³/mol. The number of benzene rings is 1. The molecule has 1 N–H and O–H groups in total. The Morgan fingerprint density at radius 3 is 2.62 bits per heavy atom. The molecule has 0 aliphatic carbocycles. The number of pyridine rings is 1. The van der Waals surface area contributed by atoms with Crippen molar-refractivity contribution in [2.45, 2.75) is 40.2 Å². The number of aryl methyl sites for hydroxylation is 1. The van der Waals surface area contributed by atoms with Gasteiger partial charge in [0.1, 0.15) is 22.9 Å². The van der Waals surface area contributed by atoms with Gasteiger partial charge in [0.25, 0.3) is 0 Å². The Kier molecular flexibility index (Phi) is 4.84. The van der Waals surface area contributed by atoms with Crippen LogP contribution in [0.25, 0.3) is 22.3 Å². The lowest BCUT2D eigenvalue weighted by atomic mass is 10.1. The Hall–Kier alpha value is -3.50. The molecule has 5 rings (SSSR count). The Morgan fingerprint density at radius 2 is 1.86 bits per heavy atom. The van der Waals surface area contributed by atoms with Gasteiger partial charge in [0.05, 0.1) is 15.8 Å². The summed E-state index contributed by atoms with van der Waals surface area (Å²) in [6.07, 6.45) is 0.610. The number of nitrogens with one attached hydrogen (secondary N) is 1. The number of likely N-dealkylation sites (N-methyl/N-ethyl adjacent to an activating group) is 1. The van der Waals surface area contributed by atoms with Crippen LogP contribution >= 0.6 is 0 Å². The van der Waals surface area contributed by atoms with Gasteiger partial charge < -0.3 is 14.8 Å². The monoisotopic (exact) mass is 514 g/mol. The number of piperazine rings is 1. The predicted octanol–water partition coefficient (Wildman–Crippen LogP) is 4.94. The third kappa shape index (κ3) is 5.30. The summed E-state index contributed by atoms with van der Waals surface area (Å²) >= 11 is 0. The van der Waals surface area contributed by atoms with Gasteiger partial charge in [-0.05, 0) is 51.0 Å². The average Bonchev–Trinajstić information content (AvgIpc) is 3.31. The minimum Gasteiger partial charge on any atom is -0.326 e. The number of halogens is 2. The van der Waals surface area contributed by atoms with Crippen LogP contribution < -0.4 is 5.32 Å². The van der Waals surface area contributed by atoms with Gasteiger partial charge in [-0.3, -0.25) is 4.90 Å². The first-order valence-corrected chi connectivity index (χ1v) is 11.9. The van der Waals surface area contributed by atoms with Crippen molar-refractivity contribution in [1.29, 1.82) is 0 Å². The highest BCUT2D eigenvalue weighted by molar-refractivity contribution is 5.83. The molecule has 0 spiro atoms. The van der Waals surface area contributed by atoms with Crippen LogP contribution in [0.1, 0.15) is 49.1 Å². The number of nitrogens with zero attached hydrogens (tertiary/aromatic N) is 7. The second-order valence-corrected chi connectivity index (χ2v) is 9.14. The number of imidazole rings is 1. The SMILES string of the molecule is [2H]c1nc(Nc2ncc(F)c(-c3cc(F)c4nc(C)n(C(C)C)c4c3)n2)c([2H])c([2H])c1CN1CCN(C([2H])([2H])C([2H])([2H])[2H])CC1. The van der Waals surface area contributed by atoms with Gasteiger partial charge in [-0.2, -0.15) is 0 Å². The zero-order valence-corrected chi connectivity index (χ0v) is 20.7. The molecule has 194 valence electrons. The molecule has 1 saturated heterocycles. The quantitative estimate of drug-likeness (QED) is 0.375. The van der Waals surface area contributed by atoms with Gasteiger partial charge in [-0.25, -0.2) is 28.7 Å². The van der Waals surface area contributed by atoms with Crippen molar-refractivity contribution in [3.05, 3.63) is 59.6 Å². The van der Waals surface area contributed by atoms with E-state index in [0.29, 0.717) is 11.3 Å². The summed E-state index contributed by atoms with van der Waals surface area (Å²) in [5, 5.41) is 2.69. The maximum absolute atomic E-state index is 15.1. The molecule has 0 atom stereocenters. The number of anilines is 2. The maximum atomic E-state index is 15.1. The number of aromatic nitrogens is 5. The molecule has 1 fully saturated rings. The third-order valence-corrected chi connectivity index (χ3v) is 6.24. The van der Waals surface area contributed by atoms with E-state index in [-0.39, 0.29) is 91.1 Å². The van der Waals surface area contributed by atoms with Crippen LogP contribution in [0.5, 0.6) is 0 Å². The molecule has 0 bridgehead atoms. The third-order valence-electron chi connectivity index (χ3n) is 6.24. The van der Waals surface area contributed by atoms with Crippen molar-refractivity contribution < 1.29 is 19.7 Å².